The second-order valence-electron chi connectivity index (χ2n) is 7.08. The fraction of sp³-hybridized carbons (Fsp3) is 0.0800. The summed E-state index contributed by atoms with van der Waals surface area (Å²) in [5.41, 5.74) is 5.64. The third-order valence-electron chi connectivity index (χ3n) is 4.79. The van der Waals surface area contributed by atoms with Gasteiger partial charge in [0, 0.05) is 17.3 Å². The van der Waals surface area contributed by atoms with E-state index in [0.717, 1.165) is 17.0 Å². The molecule has 0 bridgehead atoms. The van der Waals surface area contributed by atoms with Gasteiger partial charge in [0.25, 0.3) is 5.91 Å². The molecule has 0 aliphatic rings. The number of para-hydroxylation sites is 1. The lowest BCUT2D eigenvalue weighted by Gasteiger charge is -2.07. The molecule has 3 aromatic carbocycles. The Balaban J connectivity index is 1.50. The zero-order valence-electron chi connectivity index (χ0n) is 18.1. The van der Waals surface area contributed by atoms with Gasteiger partial charge in [-0.2, -0.15) is 10.2 Å². The van der Waals surface area contributed by atoms with Crippen LogP contribution in [0.1, 0.15) is 5.56 Å². The molecule has 0 radical (unpaired) electrons. The Morgan fingerprint density at radius 2 is 1.82 bits per heavy atom. The lowest BCUT2D eigenvalue weighted by Crippen LogP contribution is -2.24. The molecule has 0 atom stereocenters. The van der Waals surface area contributed by atoms with Gasteiger partial charge in [0.15, 0.2) is 6.61 Å². The summed E-state index contributed by atoms with van der Waals surface area (Å²) in [6.45, 7) is -0.272. The number of nitrogens with one attached hydrogen (secondary N) is 1. The number of carbonyl (C=O) groups excluding carboxylic acids is 1. The van der Waals surface area contributed by atoms with Gasteiger partial charge in [-0.15, -0.1) is 0 Å². The molecule has 0 fully saturated rings. The minimum absolute atomic E-state index is 0.248. The summed E-state index contributed by atoms with van der Waals surface area (Å²) in [5, 5.41) is 9.39. The first-order valence-corrected chi connectivity index (χ1v) is 11.0. The molecule has 0 aliphatic carbocycles. The first-order chi connectivity index (χ1) is 16.5. The number of rotatable bonds is 8. The maximum atomic E-state index is 12.2. The van der Waals surface area contributed by atoms with Crippen molar-refractivity contribution in [2.45, 2.75) is 0 Å². The van der Waals surface area contributed by atoms with E-state index < -0.39 is 5.91 Å². The molecule has 0 saturated carbocycles. The maximum absolute atomic E-state index is 12.2. The van der Waals surface area contributed by atoms with Crippen LogP contribution in [-0.4, -0.2) is 35.6 Å². The van der Waals surface area contributed by atoms with Gasteiger partial charge in [-0.25, -0.2) is 10.1 Å². The summed E-state index contributed by atoms with van der Waals surface area (Å²) in [6.07, 6.45) is 3.38. The van der Waals surface area contributed by atoms with Crippen molar-refractivity contribution in [3.63, 3.8) is 0 Å². The largest absolute Gasteiger partial charge is 0.497 e. The van der Waals surface area contributed by atoms with Gasteiger partial charge in [-0.1, -0.05) is 47.5 Å². The lowest BCUT2D eigenvalue weighted by atomic mass is 10.1. The second-order valence-corrected chi connectivity index (χ2v) is 7.86. The van der Waals surface area contributed by atoms with E-state index in [2.05, 4.69) is 10.5 Å². The van der Waals surface area contributed by atoms with Gasteiger partial charge in [0.2, 0.25) is 0 Å². The van der Waals surface area contributed by atoms with Crippen LogP contribution >= 0.6 is 23.2 Å². The van der Waals surface area contributed by atoms with Crippen LogP contribution in [-0.2, 0) is 4.79 Å². The van der Waals surface area contributed by atoms with Crippen LogP contribution in [0.15, 0.2) is 84.1 Å². The van der Waals surface area contributed by atoms with Crippen molar-refractivity contribution in [3.8, 4) is 28.4 Å². The predicted molar refractivity (Wildman–Crippen MR) is 133 cm³/mol. The van der Waals surface area contributed by atoms with E-state index in [1.807, 2.05) is 60.8 Å². The molecule has 1 heterocycles. The Labute approximate surface area is 206 Å². The van der Waals surface area contributed by atoms with Crippen LogP contribution < -0.4 is 14.9 Å². The number of hydrogen-bond donors (Lipinski definition) is 1. The number of halogens is 2. The average molecular weight is 495 g/mol. The molecule has 4 aromatic rings. The monoisotopic (exact) mass is 494 g/mol. The summed E-state index contributed by atoms with van der Waals surface area (Å²) in [6, 6.07) is 22.2. The van der Waals surface area contributed by atoms with E-state index in [1.54, 1.807) is 30.0 Å². The summed E-state index contributed by atoms with van der Waals surface area (Å²) >= 11 is 12.0. The summed E-state index contributed by atoms with van der Waals surface area (Å²) < 4.78 is 12.4. The van der Waals surface area contributed by atoms with Gasteiger partial charge in [-0.3, -0.25) is 4.79 Å². The van der Waals surface area contributed by atoms with E-state index >= 15 is 0 Å². The highest BCUT2D eigenvalue weighted by Gasteiger charge is 2.12. The Bertz CT molecular complexity index is 1310. The summed E-state index contributed by atoms with van der Waals surface area (Å²) in [4.78, 5) is 12.2. The van der Waals surface area contributed by atoms with Crippen LogP contribution in [0, 0.1) is 0 Å². The third kappa shape index (κ3) is 5.57. The fourth-order valence-corrected chi connectivity index (χ4v) is 3.46. The van der Waals surface area contributed by atoms with E-state index in [9.17, 15) is 4.79 Å². The standard InChI is InChI=1S/C25H20Cl2N4O3/c1-33-20-12-10-17(11-13-20)25-18(15-31(30-25)19-6-3-2-4-7-19)14-28-29-23(32)16-34-22-9-5-8-21(26)24(22)27/h2-15H,16H2,1H3,(H,29,32). The Hall–Kier alpha value is -3.81. The SMILES string of the molecule is COc1ccc(-c2nn(-c3ccccc3)cc2C=NNC(=O)COc2cccc(Cl)c2Cl)cc1. The van der Waals surface area contributed by atoms with E-state index in [4.69, 9.17) is 37.8 Å². The molecule has 1 aromatic heterocycles. The van der Waals surface area contributed by atoms with Crippen LogP contribution in [0.3, 0.4) is 0 Å². The fourth-order valence-electron chi connectivity index (χ4n) is 3.11. The molecule has 0 unspecified atom stereocenters. The number of nitrogens with zero attached hydrogens (tertiary/aromatic N) is 3. The number of hydrogen-bond acceptors (Lipinski definition) is 5. The number of ether oxygens (including phenoxy) is 2. The van der Waals surface area contributed by atoms with Crippen molar-refractivity contribution in [1.82, 2.24) is 15.2 Å². The summed E-state index contributed by atoms with van der Waals surface area (Å²) in [5.74, 6) is 0.612. The molecule has 34 heavy (non-hydrogen) atoms. The molecule has 172 valence electrons. The topological polar surface area (TPSA) is 77.7 Å². The quantitative estimate of drug-likeness (QED) is 0.263. The highest BCUT2D eigenvalue weighted by molar-refractivity contribution is 6.42. The maximum Gasteiger partial charge on any atom is 0.277 e. The normalized spacial score (nSPS) is 10.9. The van der Waals surface area contributed by atoms with Crippen LogP contribution in [0.5, 0.6) is 11.5 Å². The van der Waals surface area contributed by atoms with Crippen molar-refractivity contribution >= 4 is 35.3 Å². The number of amides is 1. The van der Waals surface area contributed by atoms with Crippen molar-refractivity contribution in [1.29, 1.82) is 0 Å². The van der Waals surface area contributed by atoms with Crippen molar-refractivity contribution in [2.24, 2.45) is 5.10 Å². The lowest BCUT2D eigenvalue weighted by molar-refractivity contribution is -0.123. The van der Waals surface area contributed by atoms with Gasteiger partial charge in [0.05, 0.1) is 24.0 Å². The molecule has 0 spiro atoms. The third-order valence-corrected chi connectivity index (χ3v) is 5.60. The van der Waals surface area contributed by atoms with E-state index in [1.165, 1.54) is 6.21 Å². The van der Waals surface area contributed by atoms with Gasteiger partial charge in [0.1, 0.15) is 22.2 Å². The van der Waals surface area contributed by atoms with Crippen LogP contribution in [0.2, 0.25) is 10.0 Å². The van der Waals surface area contributed by atoms with Gasteiger partial charge >= 0.3 is 0 Å². The highest BCUT2D eigenvalue weighted by Crippen LogP contribution is 2.31. The molecular formula is C25H20Cl2N4O3. The smallest absolute Gasteiger partial charge is 0.277 e. The molecule has 0 aliphatic heterocycles. The van der Waals surface area contributed by atoms with E-state index in [-0.39, 0.29) is 11.6 Å². The van der Waals surface area contributed by atoms with Gasteiger partial charge < -0.3 is 9.47 Å². The van der Waals surface area contributed by atoms with Crippen molar-refractivity contribution in [3.05, 3.63) is 94.6 Å². The molecule has 1 amide bonds. The zero-order chi connectivity index (χ0) is 23.9. The zero-order valence-corrected chi connectivity index (χ0v) is 19.6. The molecule has 7 nitrogen and oxygen atoms in total. The predicted octanol–water partition coefficient (Wildman–Crippen LogP) is 5.38. The summed E-state index contributed by atoms with van der Waals surface area (Å²) in [7, 11) is 1.62. The average Bonchev–Trinajstić information content (AvgIpc) is 3.29. The number of carbonyl (C=O) groups is 1. The number of methoxy groups -OCH3 is 1. The molecule has 9 heteroatoms. The molecule has 4 rings (SSSR count). The second kappa shape index (κ2) is 10.9. The Morgan fingerprint density at radius 3 is 2.56 bits per heavy atom. The van der Waals surface area contributed by atoms with E-state index in [0.29, 0.717) is 22.0 Å². The first kappa shape index (κ1) is 23.4. The molecule has 0 saturated heterocycles. The first-order valence-electron chi connectivity index (χ1n) is 10.2. The van der Waals surface area contributed by atoms with Crippen molar-refractivity contribution < 1.29 is 14.3 Å². The van der Waals surface area contributed by atoms with Crippen LogP contribution in [0.25, 0.3) is 16.9 Å². The Kier molecular flexibility index (Phi) is 7.47. The number of hydrazone groups is 1. The molecule has 1 N–H and O–H groups in total. The highest BCUT2D eigenvalue weighted by atomic mass is 35.5. The number of aromatic nitrogens is 2. The van der Waals surface area contributed by atoms with Gasteiger partial charge in [-0.05, 0) is 48.5 Å². The minimum Gasteiger partial charge on any atom is -0.497 e. The minimum atomic E-state index is -0.450. The number of benzene rings is 3. The molecular weight excluding hydrogens is 475 g/mol. The Morgan fingerprint density at radius 1 is 1.06 bits per heavy atom. The van der Waals surface area contributed by atoms with Crippen LogP contribution in [0.4, 0.5) is 0 Å². The van der Waals surface area contributed by atoms with Crippen molar-refractivity contribution in [2.75, 3.05) is 13.7 Å².